The molecule has 86 valence electrons. The molecular weight excluding hydrogens is 208 g/mol. The fourth-order valence-electron chi connectivity index (χ4n) is 1.60. The summed E-state index contributed by atoms with van der Waals surface area (Å²) in [6, 6.07) is 3.13. The highest BCUT2D eigenvalue weighted by Gasteiger charge is 2.16. The van der Waals surface area contributed by atoms with Gasteiger partial charge in [-0.05, 0) is 31.5 Å². The lowest BCUT2D eigenvalue weighted by Crippen LogP contribution is -2.06. The van der Waals surface area contributed by atoms with Gasteiger partial charge in [-0.1, -0.05) is 0 Å². The molecule has 0 saturated heterocycles. The van der Waals surface area contributed by atoms with Crippen molar-refractivity contribution in [1.82, 2.24) is 0 Å². The summed E-state index contributed by atoms with van der Waals surface area (Å²) in [6.07, 6.45) is 0. The molecule has 0 saturated carbocycles. The van der Waals surface area contributed by atoms with Crippen molar-refractivity contribution in [3.8, 4) is 5.75 Å². The van der Waals surface area contributed by atoms with Crippen molar-refractivity contribution in [1.29, 1.82) is 0 Å². The molecule has 0 atom stereocenters. The third-order valence-corrected chi connectivity index (χ3v) is 2.29. The van der Waals surface area contributed by atoms with E-state index in [1.54, 1.807) is 13.0 Å². The second-order valence-corrected chi connectivity index (χ2v) is 3.42. The minimum absolute atomic E-state index is 0.0919. The van der Waals surface area contributed by atoms with Crippen molar-refractivity contribution in [2.75, 3.05) is 14.2 Å². The molecule has 1 aromatic carbocycles. The van der Waals surface area contributed by atoms with Crippen LogP contribution in [0.2, 0.25) is 0 Å². The molecule has 4 nitrogen and oxygen atoms in total. The molecule has 1 aromatic rings. The van der Waals surface area contributed by atoms with Crippen LogP contribution in [0.25, 0.3) is 0 Å². The summed E-state index contributed by atoms with van der Waals surface area (Å²) in [4.78, 5) is 22.8. The molecule has 0 aromatic heterocycles. The minimum atomic E-state index is -0.448. The molecule has 0 N–H and O–H groups in total. The number of rotatable bonds is 3. The Kier molecular flexibility index (Phi) is 3.66. The lowest BCUT2D eigenvalue weighted by Gasteiger charge is -2.10. The zero-order valence-corrected chi connectivity index (χ0v) is 9.79. The number of carbonyl (C=O) groups is 2. The Morgan fingerprint density at radius 1 is 1.19 bits per heavy atom. The van der Waals surface area contributed by atoms with E-state index < -0.39 is 5.97 Å². The number of ketones is 1. The Morgan fingerprint density at radius 3 is 2.25 bits per heavy atom. The van der Waals surface area contributed by atoms with Crippen LogP contribution in [0.5, 0.6) is 5.75 Å². The van der Waals surface area contributed by atoms with Gasteiger partial charge in [-0.2, -0.15) is 0 Å². The van der Waals surface area contributed by atoms with E-state index >= 15 is 0 Å². The zero-order valence-electron chi connectivity index (χ0n) is 9.79. The molecule has 0 aliphatic carbocycles. The van der Waals surface area contributed by atoms with Gasteiger partial charge in [0.1, 0.15) is 5.75 Å². The number of methoxy groups -OCH3 is 2. The summed E-state index contributed by atoms with van der Waals surface area (Å²) in [7, 11) is 2.77. The average molecular weight is 222 g/mol. The van der Waals surface area contributed by atoms with Gasteiger partial charge in [-0.3, -0.25) is 4.79 Å². The van der Waals surface area contributed by atoms with Crippen molar-refractivity contribution in [2.45, 2.75) is 13.8 Å². The van der Waals surface area contributed by atoms with Crippen LogP contribution >= 0.6 is 0 Å². The number of Topliss-reactive ketones (excluding diaryl/α,β-unsaturated/α-hetero) is 1. The van der Waals surface area contributed by atoms with Crippen LogP contribution < -0.4 is 4.74 Å². The zero-order chi connectivity index (χ0) is 12.3. The van der Waals surface area contributed by atoms with E-state index in [0.29, 0.717) is 22.4 Å². The highest BCUT2D eigenvalue weighted by atomic mass is 16.5. The molecule has 0 heterocycles. The molecule has 1 rings (SSSR count). The molecule has 0 bridgehead atoms. The number of esters is 1. The first-order valence-corrected chi connectivity index (χ1v) is 4.79. The highest BCUT2D eigenvalue weighted by molar-refractivity contribution is 6.00. The molecule has 4 heteroatoms. The number of hydrogen-bond acceptors (Lipinski definition) is 4. The largest absolute Gasteiger partial charge is 0.496 e. The van der Waals surface area contributed by atoms with E-state index in [4.69, 9.17) is 4.74 Å². The maximum Gasteiger partial charge on any atom is 0.337 e. The van der Waals surface area contributed by atoms with Crippen LogP contribution in [-0.4, -0.2) is 26.0 Å². The first kappa shape index (κ1) is 12.2. The third-order valence-electron chi connectivity index (χ3n) is 2.29. The number of hydrogen-bond donors (Lipinski definition) is 0. The van der Waals surface area contributed by atoms with Crippen molar-refractivity contribution < 1.29 is 19.1 Å². The van der Waals surface area contributed by atoms with Crippen LogP contribution in [0.15, 0.2) is 12.1 Å². The first-order chi connectivity index (χ1) is 7.51. The maximum absolute atomic E-state index is 11.4. The quantitative estimate of drug-likeness (QED) is 0.579. The Hall–Kier alpha value is -1.84. The van der Waals surface area contributed by atoms with Gasteiger partial charge in [0, 0.05) is 0 Å². The Bertz CT molecular complexity index is 435. The van der Waals surface area contributed by atoms with Gasteiger partial charge in [-0.25, -0.2) is 4.79 Å². The second kappa shape index (κ2) is 4.79. The van der Waals surface area contributed by atoms with Gasteiger partial charge in [0.15, 0.2) is 5.78 Å². The molecule has 0 radical (unpaired) electrons. The monoisotopic (exact) mass is 222 g/mol. The predicted octanol–water partition coefficient (Wildman–Crippen LogP) is 1.99. The van der Waals surface area contributed by atoms with Gasteiger partial charge in [0.25, 0.3) is 0 Å². The number of ether oxygens (including phenoxy) is 2. The van der Waals surface area contributed by atoms with E-state index in [-0.39, 0.29) is 5.78 Å². The number of aryl methyl sites for hydroxylation is 1. The third kappa shape index (κ3) is 2.21. The molecule has 0 spiro atoms. The molecule has 0 fully saturated rings. The van der Waals surface area contributed by atoms with Crippen LogP contribution in [0.3, 0.4) is 0 Å². The van der Waals surface area contributed by atoms with Gasteiger partial charge < -0.3 is 9.47 Å². The van der Waals surface area contributed by atoms with Gasteiger partial charge in [0.2, 0.25) is 0 Å². The molecule has 0 unspecified atom stereocenters. The Balaban J connectivity index is 3.37. The van der Waals surface area contributed by atoms with Crippen LogP contribution in [-0.2, 0) is 4.74 Å². The smallest absolute Gasteiger partial charge is 0.337 e. The van der Waals surface area contributed by atoms with E-state index in [1.807, 2.05) is 0 Å². The highest BCUT2D eigenvalue weighted by Crippen LogP contribution is 2.25. The Morgan fingerprint density at radius 2 is 1.81 bits per heavy atom. The summed E-state index contributed by atoms with van der Waals surface area (Å²) < 4.78 is 9.71. The van der Waals surface area contributed by atoms with E-state index in [9.17, 15) is 9.59 Å². The summed E-state index contributed by atoms with van der Waals surface area (Å²) in [5.41, 5.74) is 1.57. The van der Waals surface area contributed by atoms with Gasteiger partial charge in [0.05, 0.1) is 25.3 Å². The predicted molar refractivity (Wildman–Crippen MR) is 59.1 cm³/mol. The van der Waals surface area contributed by atoms with Crippen molar-refractivity contribution >= 4 is 11.8 Å². The van der Waals surface area contributed by atoms with Crippen LogP contribution in [0.1, 0.15) is 33.2 Å². The topological polar surface area (TPSA) is 52.6 Å². The molecular formula is C12H14O4. The summed E-state index contributed by atoms with van der Waals surface area (Å²) in [6.45, 7) is 3.22. The fourth-order valence-corrected chi connectivity index (χ4v) is 1.60. The summed E-state index contributed by atoms with van der Waals surface area (Å²) in [5, 5.41) is 0. The van der Waals surface area contributed by atoms with E-state index in [0.717, 1.165) is 0 Å². The second-order valence-electron chi connectivity index (χ2n) is 3.42. The lowest BCUT2D eigenvalue weighted by atomic mass is 10.0. The fraction of sp³-hybridized carbons (Fsp3) is 0.333. The van der Waals surface area contributed by atoms with Gasteiger partial charge >= 0.3 is 5.97 Å². The van der Waals surface area contributed by atoms with E-state index in [2.05, 4.69) is 4.74 Å². The van der Waals surface area contributed by atoms with Gasteiger partial charge in [-0.15, -0.1) is 0 Å². The van der Waals surface area contributed by atoms with Crippen molar-refractivity contribution in [2.24, 2.45) is 0 Å². The molecule has 0 aliphatic rings. The van der Waals surface area contributed by atoms with E-state index in [1.165, 1.54) is 27.2 Å². The number of carbonyl (C=O) groups excluding carboxylic acids is 2. The average Bonchev–Trinajstić information content (AvgIpc) is 2.26. The summed E-state index contributed by atoms with van der Waals surface area (Å²) >= 11 is 0. The molecule has 0 aliphatic heterocycles. The normalized spacial score (nSPS) is 9.75. The minimum Gasteiger partial charge on any atom is -0.496 e. The van der Waals surface area contributed by atoms with Crippen LogP contribution in [0.4, 0.5) is 0 Å². The SMILES string of the molecule is COC(=O)c1cc(C)c(C(C)=O)c(OC)c1. The summed E-state index contributed by atoms with van der Waals surface area (Å²) in [5.74, 6) is -0.143. The Labute approximate surface area is 94.2 Å². The molecule has 0 amide bonds. The lowest BCUT2D eigenvalue weighted by molar-refractivity contribution is 0.0599. The maximum atomic E-state index is 11.4. The number of benzene rings is 1. The molecule has 16 heavy (non-hydrogen) atoms. The van der Waals surface area contributed by atoms with Crippen molar-refractivity contribution in [3.05, 3.63) is 28.8 Å². The standard InChI is InChI=1S/C12H14O4/c1-7-5-9(12(14)16-4)6-10(15-3)11(7)8(2)13/h5-6H,1-4H3. The first-order valence-electron chi connectivity index (χ1n) is 4.79. The van der Waals surface area contributed by atoms with Crippen molar-refractivity contribution in [3.63, 3.8) is 0 Å². The van der Waals surface area contributed by atoms with Crippen LogP contribution in [0, 0.1) is 6.92 Å².